The maximum atomic E-state index is 11.7. The van der Waals surface area contributed by atoms with Crippen LogP contribution in [0.3, 0.4) is 0 Å². The number of carbonyl (C=O) groups excluding carboxylic acids is 1. The highest BCUT2D eigenvalue weighted by molar-refractivity contribution is 6.31. The molecule has 2 rings (SSSR count). The molecule has 0 unspecified atom stereocenters. The number of benzene rings is 1. The van der Waals surface area contributed by atoms with Gasteiger partial charge in [0.25, 0.3) is 5.91 Å². The topological polar surface area (TPSA) is 38.3 Å². The van der Waals surface area contributed by atoms with E-state index in [1.807, 2.05) is 19.1 Å². The molecular formula is C15H20ClNO2. The number of aryl methyl sites for hydroxylation is 1. The van der Waals surface area contributed by atoms with E-state index in [4.69, 9.17) is 16.3 Å². The van der Waals surface area contributed by atoms with Crippen molar-refractivity contribution in [1.82, 2.24) is 5.32 Å². The summed E-state index contributed by atoms with van der Waals surface area (Å²) in [7, 11) is 0. The van der Waals surface area contributed by atoms with Crippen molar-refractivity contribution in [3.8, 4) is 5.75 Å². The number of hydrogen-bond donors (Lipinski definition) is 1. The molecule has 0 saturated heterocycles. The van der Waals surface area contributed by atoms with Crippen molar-refractivity contribution in [2.45, 2.75) is 45.1 Å². The van der Waals surface area contributed by atoms with Gasteiger partial charge in [0, 0.05) is 11.1 Å². The monoisotopic (exact) mass is 281 g/mol. The van der Waals surface area contributed by atoms with Gasteiger partial charge >= 0.3 is 0 Å². The summed E-state index contributed by atoms with van der Waals surface area (Å²) in [6, 6.07) is 5.84. The Morgan fingerprint density at radius 2 is 2.16 bits per heavy atom. The third kappa shape index (κ3) is 4.13. The van der Waals surface area contributed by atoms with Gasteiger partial charge in [0.05, 0.1) is 0 Å². The fraction of sp³-hybridized carbons (Fsp3) is 0.533. The first kappa shape index (κ1) is 14.2. The van der Waals surface area contributed by atoms with Crippen LogP contribution in [0.1, 0.15) is 38.2 Å². The van der Waals surface area contributed by atoms with Crippen LogP contribution in [-0.4, -0.2) is 18.6 Å². The minimum atomic E-state index is -0.0418. The minimum absolute atomic E-state index is 0.0418. The predicted molar refractivity (Wildman–Crippen MR) is 76.7 cm³/mol. The lowest BCUT2D eigenvalue weighted by molar-refractivity contribution is -0.123. The molecule has 0 bridgehead atoms. The molecular weight excluding hydrogens is 262 g/mol. The van der Waals surface area contributed by atoms with Crippen LogP contribution in [0.4, 0.5) is 0 Å². The maximum absolute atomic E-state index is 11.7. The average molecular weight is 282 g/mol. The standard InChI is InChI=1S/C15H20ClNO2/c1-2-11-9-13(7-8-14(11)16)19-10-15(18)17-12-5-3-4-6-12/h7-9,12H,2-6,10H2,1H3,(H,17,18). The lowest BCUT2D eigenvalue weighted by Gasteiger charge is -2.13. The molecule has 1 aromatic rings. The zero-order valence-corrected chi connectivity index (χ0v) is 12.0. The van der Waals surface area contributed by atoms with E-state index in [1.54, 1.807) is 6.07 Å². The molecule has 0 aliphatic heterocycles. The summed E-state index contributed by atoms with van der Waals surface area (Å²) in [5.41, 5.74) is 1.04. The SMILES string of the molecule is CCc1cc(OCC(=O)NC2CCCC2)ccc1Cl. The number of ether oxygens (including phenoxy) is 1. The number of amides is 1. The van der Waals surface area contributed by atoms with Crippen LogP contribution in [0.15, 0.2) is 18.2 Å². The summed E-state index contributed by atoms with van der Waals surface area (Å²) >= 11 is 6.04. The van der Waals surface area contributed by atoms with Crippen LogP contribution in [0.5, 0.6) is 5.75 Å². The largest absolute Gasteiger partial charge is 0.484 e. The second kappa shape index (κ2) is 6.80. The number of nitrogens with one attached hydrogen (secondary N) is 1. The minimum Gasteiger partial charge on any atom is -0.484 e. The van der Waals surface area contributed by atoms with Crippen LogP contribution >= 0.6 is 11.6 Å². The number of carbonyl (C=O) groups is 1. The van der Waals surface area contributed by atoms with E-state index < -0.39 is 0 Å². The molecule has 0 aromatic heterocycles. The van der Waals surface area contributed by atoms with Crippen LogP contribution < -0.4 is 10.1 Å². The van der Waals surface area contributed by atoms with E-state index in [-0.39, 0.29) is 12.5 Å². The van der Waals surface area contributed by atoms with E-state index in [2.05, 4.69) is 5.32 Å². The molecule has 1 saturated carbocycles. The molecule has 19 heavy (non-hydrogen) atoms. The zero-order chi connectivity index (χ0) is 13.7. The molecule has 0 heterocycles. The van der Waals surface area contributed by atoms with Crippen molar-refractivity contribution >= 4 is 17.5 Å². The summed E-state index contributed by atoms with van der Waals surface area (Å²) in [6.45, 7) is 2.11. The van der Waals surface area contributed by atoms with Gasteiger partial charge in [-0.3, -0.25) is 4.79 Å². The normalized spacial score (nSPS) is 15.5. The quantitative estimate of drug-likeness (QED) is 0.899. The zero-order valence-electron chi connectivity index (χ0n) is 11.2. The molecule has 1 N–H and O–H groups in total. The fourth-order valence-electron chi connectivity index (χ4n) is 2.40. The van der Waals surface area contributed by atoms with E-state index in [0.29, 0.717) is 11.8 Å². The van der Waals surface area contributed by atoms with Gasteiger partial charge in [-0.15, -0.1) is 0 Å². The van der Waals surface area contributed by atoms with Gasteiger partial charge in [0.1, 0.15) is 5.75 Å². The second-order valence-corrected chi connectivity index (χ2v) is 5.35. The highest BCUT2D eigenvalue weighted by Crippen LogP contribution is 2.22. The van der Waals surface area contributed by atoms with Gasteiger partial charge < -0.3 is 10.1 Å². The van der Waals surface area contributed by atoms with Crippen molar-refractivity contribution < 1.29 is 9.53 Å². The lowest BCUT2D eigenvalue weighted by atomic mass is 10.1. The van der Waals surface area contributed by atoms with Crippen LogP contribution in [0.25, 0.3) is 0 Å². The number of rotatable bonds is 5. The van der Waals surface area contributed by atoms with Crippen molar-refractivity contribution in [2.75, 3.05) is 6.61 Å². The smallest absolute Gasteiger partial charge is 0.258 e. The van der Waals surface area contributed by atoms with Gasteiger partial charge in [0.2, 0.25) is 0 Å². The molecule has 0 radical (unpaired) electrons. The van der Waals surface area contributed by atoms with E-state index in [0.717, 1.165) is 29.8 Å². The predicted octanol–water partition coefficient (Wildman–Crippen LogP) is 3.34. The van der Waals surface area contributed by atoms with E-state index in [1.165, 1.54) is 12.8 Å². The molecule has 1 aliphatic rings. The summed E-state index contributed by atoms with van der Waals surface area (Å²) in [5.74, 6) is 0.655. The maximum Gasteiger partial charge on any atom is 0.258 e. The average Bonchev–Trinajstić information content (AvgIpc) is 2.90. The number of hydrogen-bond acceptors (Lipinski definition) is 2. The molecule has 0 atom stereocenters. The molecule has 0 spiro atoms. The first-order chi connectivity index (χ1) is 9.19. The first-order valence-corrected chi connectivity index (χ1v) is 7.27. The van der Waals surface area contributed by atoms with E-state index >= 15 is 0 Å². The summed E-state index contributed by atoms with van der Waals surface area (Å²) < 4.78 is 5.50. The molecule has 3 nitrogen and oxygen atoms in total. The first-order valence-electron chi connectivity index (χ1n) is 6.89. The molecule has 104 valence electrons. The number of halogens is 1. The molecule has 1 aromatic carbocycles. The van der Waals surface area contributed by atoms with Crippen molar-refractivity contribution in [2.24, 2.45) is 0 Å². The lowest BCUT2D eigenvalue weighted by Crippen LogP contribution is -2.36. The Labute approximate surface area is 119 Å². The summed E-state index contributed by atoms with van der Waals surface area (Å²) in [5, 5.41) is 3.74. The third-order valence-corrected chi connectivity index (χ3v) is 3.86. The van der Waals surface area contributed by atoms with Crippen LogP contribution in [0.2, 0.25) is 5.02 Å². The van der Waals surface area contributed by atoms with Crippen molar-refractivity contribution in [3.63, 3.8) is 0 Å². The Morgan fingerprint density at radius 3 is 2.84 bits per heavy atom. The van der Waals surface area contributed by atoms with Gasteiger partial charge in [-0.05, 0) is 43.0 Å². The van der Waals surface area contributed by atoms with Crippen LogP contribution in [-0.2, 0) is 11.2 Å². The second-order valence-electron chi connectivity index (χ2n) is 4.94. The Hall–Kier alpha value is -1.22. The Morgan fingerprint density at radius 1 is 1.42 bits per heavy atom. The van der Waals surface area contributed by atoms with E-state index in [9.17, 15) is 4.79 Å². The van der Waals surface area contributed by atoms with Crippen molar-refractivity contribution in [3.05, 3.63) is 28.8 Å². The third-order valence-electron chi connectivity index (χ3n) is 3.49. The Balaban J connectivity index is 1.82. The van der Waals surface area contributed by atoms with Gasteiger partial charge in [-0.25, -0.2) is 0 Å². The van der Waals surface area contributed by atoms with Crippen LogP contribution in [0, 0.1) is 0 Å². The highest BCUT2D eigenvalue weighted by Gasteiger charge is 2.17. The summed E-state index contributed by atoms with van der Waals surface area (Å²) in [4.78, 5) is 11.7. The molecule has 1 aliphatic carbocycles. The van der Waals surface area contributed by atoms with Gasteiger partial charge in [-0.2, -0.15) is 0 Å². The molecule has 1 amide bonds. The Bertz CT molecular complexity index is 442. The Kier molecular flexibility index (Phi) is 5.08. The highest BCUT2D eigenvalue weighted by atomic mass is 35.5. The molecule has 1 fully saturated rings. The van der Waals surface area contributed by atoms with Gasteiger partial charge in [0.15, 0.2) is 6.61 Å². The molecule has 4 heteroatoms. The fourth-order valence-corrected chi connectivity index (χ4v) is 2.65. The van der Waals surface area contributed by atoms with Gasteiger partial charge in [-0.1, -0.05) is 31.4 Å². The summed E-state index contributed by atoms with van der Waals surface area (Å²) in [6.07, 6.45) is 5.45. The van der Waals surface area contributed by atoms with Crippen molar-refractivity contribution in [1.29, 1.82) is 0 Å².